The molecule has 1 nitrogen and oxygen atoms in total. The molecule has 17 heavy (non-hydrogen) atoms. The van der Waals surface area contributed by atoms with Crippen molar-refractivity contribution in [1.82, 2.24) is 0 Å². The van der Waals surface area contributed by atoms with Crippen molar-refractivity contribution in [2.24, 2.45) is 0 Å². The van der Waals surface area contributed by atoms with Crippen molar-refractivity contribution < 1.29 is 4.74 Å². The Balaban J connectivity index is 2.07. The maximum Gasteiger partial charge on any atom is 0.119 e. The Labute approximate surface area is 116 Å². The van der Waals surface area contributed by atoms with Gasteiger partial charge in [0.15, 0.2) is 0 Å². The summed E-state index contributed by atoms with van der Waals surface area (Å²) < 4.78 is 6.80. The van der Waals surface area contributed by atoms with Crippen LogP contribution in [0, 0.1) is 0 Å². The van der Waals surface area contributed by atoms with E-state index in [1.165, 1.54) is 10.8 Å². The van der Waals surface area contributed by atoms with Gasteiger partial charge in [-0.05, 0) is 53.6 Å². The lowest BCUT2D eigenvalue weighted by Crippen LogP contribution is -1.97. The fourth-order valence-corrected chi connectivity index (χ4v) is 2.29. The van der Waals surface area contributed by atoms with Gasteiger partial charge in [0.1, 0.15) is 5.75 Å². The van der Waals surface area contributed by atoms with Crippen LogP contribution >= 0.6 is 28.6 Å². The molecule has 90 valence electrons. The van der Waals surface area contributed by atoms with Crippen LogP contribution in [0.4, 0.5) is 0 Å². The quantitative estimate of drug-likeness (QED) is 0.622. The summed E-state index contributed by atoms with van der Waals surface area (Å²) in [5.41, 5.74) is 0. The summed E-state index contributed by atoms with van der Waals surface area (Å²) in [5, 5.41) is 2.43. The monoisotopic (exact) mass is 310 g/mol. The lowest BCUT2D eigenvalue weighted by Gasteiger charge is -2.07. The average Bonchev–Trinajstić information content (AvgIpc) is 2.35. The van der Waals surface area contributed by atoms with Gasteiger partial charge in [0, 0.05) is 4.47 Å². The fourth-order valence-electron chi connectivity index (χ4n) is 1.69. The van der Waals surface area contributed by atoms with Gasteiger partial charge in [-0.2, -0.15) is 12.6 Å². The molecule has 2 rings (SSSR count). The molecule has 2 aromatic carbocycles. The van der Waals surface area contributed by atoms with Crippen molar-refractivity contribution in [2.75, 3.05) is 12.4 Å². The highest BCUT2D eigenvalue weighted by Gasteiger charge is 1.98. The molecule has 2 aromatic rings. The molecule has 0 unspecified atom stereocenters. The number of ether oxygens (including phenoxy) is 1. The van der Waals surface area contributed by atoms with Crippen molar-refractivity contribution in [3.8, 4) is 5.75 Å². The van der Waals surface area contributed by atoms with E-state index in [0.717, 1.165) is 35.4 Å². The van der Waals surface area contributed by atoms with E-state index in [1.54, 1.807) is 0 Å². The van der Waals surface area contributed by atoms with E-state index in [1.807, 2.05) is 12.1 Å². The van der Waals surface area contributed by atoms with Crippen LogP contribution in [0.25, 0.3) is 10.8 Å². The second-order valence-electron chi connectivity index (χ2n) is 3.93. The Morgan fingerprint density at radius 1 is 1.00 bits per heavy atom. The predicted molar refractivity (Wildman–Crippen MR) is 80.2 cm³/mol. The van der Waals surface area contributed by atoms with Crippen LogP contribution in [-0.2, 0) is 0 Å². The first-order chi connectivity index (χ1) is 8.29. The zero-order valence-corrected chi connectivity index (χ0v) is 12.0. The number of hydrogen-bond acceptors (Lipinski definition) is 2. The molecule has 0 fully saturated rings. The normalized spacial score (nSPS) is 10.7. The molecule has 0 bridgehead atoms. The molecule has 0 aliphatic carbocycles. The Morgan fingerprint density at radius 3 is 2.59 bits per heavy atom. The second-order valence-corrected chi connectivity index (χ2v) is 5.30. The van der Waals surface area contributed by atoms with Gasteiger partial charge in [-0.15, -0.1) is 0 Å². The SMILES string of the molecule is SCCCCOc1ccc2cc(Br)ccc2c1. The van der Waals surface area contributed by atoms with E-state index >= 15 is 0 Å². The molecule has 3 heteroatoms. The van der Waals surface area contributed by atoms with Crippen molar-refractivity contribution >= 4 is 39.3 Å². The van der Waals surface area contributed by atoms with Gasteiger partial charge < -0.3 is 4.74 Å². The summed E-state index contributed by atoms with van der Waals surface area (Å²) in [6.45, 7) is 0.766. The van der Waals surface area contributed by atoms with E-state index in [-0.39, 0.29) is 0 Å². The van der Waals surface area contributed by atoms with Crippen LogP contribution in [0.2, 0.25) is 0 Å². The highest BCUT2D eigenvalue weighted by Crippen LogP contribution is 2.24. The average molecular weight is 311 g/mol. The second kappa shape index (κ2) is 6.31. The molecule has 0 radical (unpaired) electrons. The molecule has 0 amide bonds. The van der Waals surface area contributed by atoms with Crippen molar-refractivity contribution in [3.05, 3.63) is 40.9 Å². The van der Waals surface area contributed by atoms with E-state index < -0.39 is 0 Å². The number of halogens is 1. The van der Waals surface area contributed by atoms with E-state index in [2.05, 4.69) is 52.8 Å². The van der Waals surface area contributed by atoms with Crippen LogP contribution in [0.5, 0.6) is 5.75 Å². The fraction of sp³-hybridized carbons (Fsp3) is 0.286. The lowest BCUT2D eigenvalue weighted by molar-refractivity contribution is 0.310. The van der Waals surface area contributed by atoms with Crippen LogP contribution < -0.4 is 4.74 Å². The van der Waals surface area contributed by atoms with Crippen LogP contribution in [0.15, 0.2) is 40.9 Å². The number of rotatable bonds is 5. The van der Waals surface area contributed by atoms with E-state index in [0.29, 0.717) is 0 Å². The summed E-state index contributed by atoms with van der Waals surface area (Å²) in [4.78, 5) is 0. The molecule has 0 aromatic heterocycles. The molecule has 0 saturated carbocycles. The van der Waals surface area contributed by atoms with Gasteiger partial charge in [-0.3, -0.25) is 0 Å². The number of unbranched alkanes of at least 4 members (excludes halogenated alkanes) is 1. The Hall–Kier alpha value is -0.670. The smallest absolute Gasteiger partial charge is 0.119 e. The maximum absolute atomic E-state index is 5.70. The summed E-state index contributed by atoms with van der Waals surface area (Å²) in [6.07, 6.45) is 2.16. The minimum absolute atomic E-state index is 0.766. The Kier molecular flexibility index (Phi) is 4.75. The molecule has 0 N–H and O–H groups in total. The minimum atomic E-state index is 0.766. The third-order valence-corrected chi connectivity index (χ3v) is 3.40. The van der Waals surface area contributed by atoms with Gasteiger partial charge in [0.2, 0.25) is 0 Å². The van der Waals surface area contributed by atoms with Crippen LogP contribution in [0.1, 0.15) is 12.8 Å². The van der Waals surface area contributed by atoms with Gasteiger partial charge in [0.25, 0.3) is 0 Å². The van der Waals surface area contributed by atoms with E-state index in [4.69, 9.17) is 4.74 Å². The molecule has 0 saturated heterocycles. The Bertz CT molecular complexity index is 499. The molecule has 0 aliphatic heterocycles. The first-order valence-electron chi connectivity index (χ1n) is 5.72. The van der Waals surface area contributed by atoms with Gasteiger partial charge >= 0.3 is 0 Å². The van der Waals surface area contributed by atoms with Crippen LogP contribution in [0.3, 0.4) is 0 Å². The topological polar surface area (TPSA) is 9.23 Å². The molecule has 0 heterocycles. The van der Waals surface area contributed by atoms with Crippen molar-refractivity contribution in [2.45, 2.75) is 12.8 Å². The lowest BCUT2D eigenvalue weighted by atomic mass is 10.1. The van der Waals surface area contributed by atoms with Gasteiger partial charge in [-0.1, -0.05) is 28.1 Å². The summed E-state index contributed by atoms with van der Waals surface area (Å²) in [5.74, 6) is 1.87. The molecule has 0 spiro atoms. The van der Waals surface area contributed by atoms with Crippen molar-refractivity contribution in [1.29, 1.82) is 0 Å². The number of thiol groups is 1. The van der Waals surface area contributed by atoms with E-state index in [9.17, 15) is 0 Å². The number of hydrogen-bond donors (Lipinski definition) is 1. The minimum Gasteiger partial charge on any atom is -0.494 e. The summed E-state index contributed by atoms with van der Waals surface area (Å²) >= 11 is 7.65. The highest BCUT2D eigenvalue weighted by atomic mass is 79.9. The first kappa shape index (κ1) is 12.8. The first-order valence-corrected chi connectivity index (χ1v) is 7.15. The molecule has 0 atom stereocenters. The molecule has 0 aliphatic rings. The summed E-state index contributed by atoms with van der Waals surface area (Å²) in [7, 11) is 0. The van der Waals surface area contributed by atoms with Crippen molar-refractivity contribution in [3.63, 3.8) is 0 Å². The standard InChI is InChI=1S/C14H15BrOS/c15-13-5-3-12-10-14(6-4-11(12)9-13)16-7-1-2-8-17/h3-6,9-10,17H,1-2,7-8H2. The Morgan fingerprint density at radius 2 is 1.76 bits per heavy atom. The highest BCUT2D eigenvalue weighted by molar-refractivity contribution is 9.10. The maximum atomic E-state index is 5.70. The third-order valence-electron chi connectivity index (χ3n) is 2.59. The largest absolute Gasteiger partial charge is 0.494 e. The zero-order chi connectivity index (χ0) is 12.1. The zero-order valence-electron chi connectivity index (χ0n) is 9.53. The van der Waals surface area contributed by atoms with Gasteiger partial charge in [0.05, 0.1) is 6.61 Å². The molecular formula is C14H15BrOS. The third kappa shape index (κ3) is 3.65. The van der Waals surface area contributed by atoms with Crippen LogP contribution in [-0.4, -0.2) is 12.4 Å². The predicted octanol–water partition coefficient (Wildman–Crippen LogP) is 4.69. The molecular weight excluding hydrogens is 296 g/mol. The number of benzene rings is 2. The van der Waals surface area contributed by atoms with Gasteiger partial charge in [-0.25, -0.2) is 0 Å². The summed E-state index contributed by atoms with van der Waals surface area (Å²) in [6, 6.07) is 12.5. The number of fused-ring (bicyclic) bond motifs is 1.